The molecule has 1 aromatic heterocycles. The van der Waals surface area contributed by atoms with E-state index in [1.54, 1.807) is 23.3 Å². The van der Waals surface area contributed by atoms with Crippen molar-refractivity contribution >= 4 is 23.2 Å². The molecular formula is C17H19N3O2S. The summed E-state index contributed by atoms with van der Waals surface area (Å²) in [5.74, 6) is -0.267. The first-order valence-electron chi connectivity index (χ1n) is 7.58. The van der Waals surface area contributed by atoms with Gasteiger partial charge in [0, 0.05) is 30.5 Å². The molecule has 3 rings (SSSR count). The number of likely N-dealkylation sites (tertiary alicyclic amines) is 1. The monoisotopic (exact) mass is 329 g/mol. The minimum absolute atomic E-state index is 0.0329. The lowest BCUT2D eigenvalue weighted by atomic mass is 10.1. The third-order valence-electron chi connectivity index (χ3n) is 4.05. The van der Waals surface area contributed by atoms with E-state index in [0.717, 1.165) is 21.1 Å². The number of benzene rings is 1. The number of hydrogen-bond acceptors (Lipinski definition) is 4. The minimum Gasteiger partial charge on any atom is -0.351 e. The summed E-state index contributed by atoms with van der Waals surface area (Å²) in [5, 5.41) is 3.90. The fourth-order valence-electron chi connectivity index (χ4n) is 2.65. The van der Waals surface area contributed by atoms with Gasteiger partial charge in [0.15, 0.2) is 0 Å². The summed E-state index contributed by atoms with van der Waals surface area (Å²) in [4.78, 5) is 31.0. The van der Waals surface area contributed by atoms with E-state index in [4.69, 9.17) is 0 Å². The third-order valence-corrected chi connectivity index (χ3v) is 5.25. The van der Waals surface area contributed by atoms with Crippen molar-refractivity contribution in [3.8, 4) is 10.6 Å². The molecule has 6 heteroatoms. The van der Waals surface area contributed by atoms with Gasteiger partial charge < -0.3 is 10.2 Å². The summed E-state index contributed by atoms with van der Waals surface area (Å²) in [7, 11) is 1.73. The topological polar surface area (TPSA) is 62.3 Å². The van der Waals surface area contributed by atoms with Crippen LogP contribution in [0.5, 0.6) is 0 Å². The molecule has 2 amide bonds. The predicted octanol–water partition coefficient (Wildman–Crippen LogP) is 2.21. The largest absolute Gasteiger partial charge is 0.351 e. The lowest BCUT2D eigenvalue weighted by molar-refractivity contribution is -0.128. The molecule has 1 fully saturated rings. The van der Waals surface area contributed by atoms with Gasteiger partial charge in [0.1, 0.15) is 5.01 Å². The molecule has 5 nitrogen and oxygen atoms in total. The highest BCUT2D eigenvalue weighted by Gasteiger charge is 2.31. The van der Waals surface area contributed by atoms with Crippen molar-refractivity contribution in [3.05, 3.63) is 40.9 Å². The molecule has 0 spiro atoms. The smallest absolute Gasteiger partial charge is 0.225 e. The van der Waals surface area contributed by atoms with Crippen LogP contribution >= 0.6 is 11.3 Å². The van der Waals surface area contributed by atoms with E-state index in [-0.39, 0.29) is 17.7 Å². The number of amides is 2. The normalized spacial score (nSPS) is 17.6. The van der Waals surface area contributed by atoms with Crippen molar-refractivity contribution in [1.29, 1.82) is 0 Å². The molecule has 23 heavy (non-hydrogen) atoms. The molecule has 0 radical (unpaired) electrons. The van der Waals surface area contributed by atoms with Crippen LogP contribution in [-0.4, -0.2) is 35.3 Å². The standard InChI is InChI=1S/C17H19N3O2S/c1-11-14(23-17(19-11)12-6-4-3-5-7-12)9-18-16(22)13-8-15(21)20(2)10-13/h3-7,13H,8-10H2,1-2H3,(H,18,22)/t13-/m0/s1. The van der Waals surface area contributed by atoms with Crippen LogP contribution in [-0.2, 0) is 16.1 Å². The number of aromatic nitrogens is 1. The van der Waals surface area contributed by atoms with Crippen molar-refractivity contribution in [2.75, 3.05) is 13.6 Å². The summed E-state index contributed by atoms with van der Waals surface area (Å²) in [6.45, 7) is 2.92. The molecule has 1 aliphatic heterocycles. The van der Waals surface area contributed by atoms with Crippen molar-refractivity contribution in [2.45, 2.75) is 19.9 Å². The number of aryl methyl sites for hydroxylation is 1. The predicted molar refractivity (Wildman–Crippen MR) is 89.9 cm³/mol. The van der Waals surface area contributed by atoms with E-state index in [2.05, 4.69) is 10.3 Å². The molecule has 0 bridgehead atoms. The van der Waals surface area contributed by atoms with Gasteiger partial charge in [0.2, 0.25) is 11.8 Å². The molecule has 2 heterocycles. The minimum atomic E-state index is -0.241. The molecule has 2 aromatic rings. The molecule has 1 N–H and O–H groups in total. The number of thiazole rings is 1. The number of nitrogens with zero attached hydrogens (tertiary/aromatic N) is 2. The fourth-order valence-corrected chi connectivity index (χ4v) is 3.65. The Balaban J connectivity index is 1.64. The number of carbonyl (C=O) groups is 2. The highest BCUT2D eigenvalue weighted by atomic mass is 32.1. The summed E-state index contributed by atoms with van der Waals surface area (Å²) in [5.41, 5.74) is 2.02. The highest BCUT2D eigenvalue weighted by molar-refractivity contribution is 7.15. The van der Waals surface area contributed by atoms with Gasteiger partial charge in [-0.1, -0.05) is 30.3 Å². The maximum absolute atomic E-state index is 12.2. The molecule has 1 atom stereocenters. The molecular weight excluding hydrogens is 310 g/mol. The Labute approximate surface area is 139 Å². The first kappa shape index (κ1) is 15.7. The molecule has 0 saturated carbocycles. The Morgan fingerprint density at radius 3 is 2.78 bits per heavy atom. The zero-order valence-corrected chi connectivity index (χ0v) is 14.0. The average Bonchev–Trinajstić information content (AvgIpc) is 3.09. The van der Waals surface area contributed by atoms with Crippen LogP contribution in [0.25, 0.3) is 10.6 Å². The summed E-state index contributed by atoms with van der Waals surface area (Å²) >= 11 is 1.60. The van der Waals surface area contributed by atoms with Crippen molar-refractivity contribution < 1.29 is 9.59 Å². The number of hydrogen-bond donors (Lipinski definition) is 1. The maximum Gasteiger partial charge on any atom is 0.225 e. The maximum atomic E-state index is 12.2. The Bertz CT molecular complexity index is 727. The zero-order chi connectivity index (χ0) is 16.4. The van der Waals surface area contributed by atoms with Gasteiger partial charge in [-0.25, -0.2) is 4.98 Å². The molecule has 1 aromatic carbocycles. The number of nitrogens with one attached hydrogen (secondary N) is 1. The molecule has 1 saturated heterocycles. The van der Waals surface area contributed by atoms with Crippen molar-refractivity contribution in [3.63, 3.8) is 0 Å². The van der Waals surface area contributed by atoms with Gasteiger partial charge in [0.25, 0.3) is 0 Å². The second kappa shape index (κ2) is 6.50. The Kier molecular flexibility index (Phi) is 4.43. The summed E-state index contributed by atoms with van der Waals surface area (Å²) in [6, 6.07) is 10.0. The zero-order valence-electron chi connectivity index (χ0n) is 13.2. The van der Waals surface area contributed by atoms with Gasteiger partial charge in [-0.2, -0.15) is 0 Å². The molecule has 1 aliphatic rings. The first-order valence-corrected chi connectivity index (χ1v) is 8.39. The van der Waals surface area contributed by atoms with E-state index in [1.165, 1.54) is 0 Å². The molecule has 0 unspecified atom stereocenters. The van der Waals surface area contributed by atoms with Crippen LogP contribution in [0.4, 0.5) is 0 Å². The van der Waals surface area contributed by atoms with Gasteiger partial charge in [-0.3, -0.25) is 9.59 Å². The second-order valence-corrected chi connectivity index (χ2v) is 6.87. The second-order valence-electron chi connectivity index (χ2n) is 5.79. The van der Waals surface area contributed by atoms with Gasteiger partial charge in [0.05, 0.1) is 18.2 Å². The molecule has 120 valence electrons. The average molecular weight is 329 g/mol. The molecule has 0 aliphatic carbocycles. The van der Waals surface area contributed by atoms with Crippen LogP contribution in [0.2, 0.25) is 0 Å². The third kappa shape index (κ3) is 3.42. The van der Waals surface area contributed by atoms with Crippen LogP contribution in [0.15, 0.2) is 30.3 Å². The highest BCUT2D eigenvalue weighted by Crippen LogP contribution is 2.27. The van der Waals surface area contributed by atoms with E-state index >= 15 is 0 Å². The lowest BCUT2D eigenvalue weighted by Gasteiger charge is -2.10. The number of carbonyl (C=O) groups excluding carboxylic acids is 2. The van der Waals surface area contributed by atoms with Gasteiger partial charge >= 0.3 is 0 Å². The van der Waals surface area contributed by atoms with Crippen LogP contribution in [0.1, 0.15) is 17.0 Å². The summed E-state index contributed by atoms with van der Waals surface area (Å²) < 4.78 is 0. The Morgan fingerprint density at radius 1 is 1.39 bits per heavy atom. The van der Waals surface area contributed by atoms with Crippen LogP contribution in [0, 0.1) is 12.8 Å². The van der Waals surface area contributed by atoms with E-state index in [0.29, 0.717) is 19.5 Å². The van der Waals surface area contributed by atoms with E-state index in [1.807, 2.05) is 37.3 Å². The number of rotatable bonds is 4. The Morgan fingerprint density at radius 2 is 2.13 bits per heavy atom. The SMILES string of the molecule is Cc1nc(-c2ccccc2)sc1CNC(=O)[C@H]1CC(=O)N(C)C1. The van der Waals surface area contributed by atoms with Crippen LogP contribution in [0.3, 0.4) is 0 Å². The van der Waals surface area contributed by atoms with E-state index in [9.17, 15) is 9.59 Å². The lowest BCUT2D eigenvalue weighted by Crippen LogP contribution is -2.31. The first-order chi connectivity index (χ1) is 11.0. The van der Waals surface area contributed by atoms with Crippen molar-refractivity contribution in [2.24, 2.45) is 5.92 Å². The Hall–Kier alpha value is -2.21. The fraction of sp³-hybridized carbons (Fsp3) is 0.353. The van der Waals surface area contributed by atoms with Gasteiger partial charge in [-0.15, -0.1) is 11.3 Å². The van der Waals surface area contributed by atoms with Gasteiger partial charge in [-0.05, 0) is 6.92 Å². The van der Waals surface area contributed by atoms with Crippen molar-refractivity contribution in [1.82, 2.24) is 15.2 Å². The van der Waals surface area contributed by atoms with Crippen LogP contribution < -0.4 is 5.32 Å². The quantitative estimate of drug-likeness (QED) is 0.935. The van der Waals surface area contributed by atoms with E-state index < -0.39 is 0 Å². The summed E-state index contributed by atoms with van der Waals surface area (Å²) in [6.07, 6.45) is 0.305.